The Kier molecular flexibility index (Phi) is 2.58. The fraction of sp³-hybridized carbons (Fsp3) is 0.455. The first-order valence-corrected chi connectivity index (χ1v) is 5.10. The van der Waals surface area contributed by atoms with Gasteiger partial charge in [0.2, 0.25) is 0 Å². The van der Waals surface area contributed by atoms with Crippen LogP contribution in [0.5, 0.6) is 0 Å². The molecule has 1 aromatic rings. The first-order valence-electron chi connectivity index (χ1n) is 5.10. The lowest BCUT2D eigenvalue weighted by molar-refractivity contribution is -0.120. The Morgan fingerprint density at radius 2 is 2.00 bits per heavy atom. The minimum Gasteiger partial charge on any atom is -0.356 e. The highest BCUT2D eigenvalue weighted by molar-refractivity contribution is 5.95. The molecule has 1 amide bonds. The zero-order valence-corrected chi connectivity index (χ0v) is 8.77. The summed E-state index contributed by atoms with van der Waals surface area (Å²) in [5.41, 5.74) is 0.701. The summed E-state index contributed by atoms with van der Waals surface area (Å²) in [7, 11) is 1.89. The van der Waals surface area contributed by atoms with Crippen LogP contribution in [0.3, 0.4) is 0 Å². The van der Waals surface area contributed by atoms with Gasteiger partial charge in [-0.2, -0.15) is 0 Å². The summed E-state index contributed by atoms with van der Waals surface area (Å²) in [6.45, 7) is 1.12. The molecule has 4 nitrogen and oxygen atoms in total. The molecule has 0 spiro atoms. The van der Waals surface area contributed by atoms with Gasteiger partial charge in [0.15, 0.2) is 0 Å². The van der Waals surface area contributed by atoms with Gasteiger partial charge in [-0.1, -0.05) is 0 Å². The van der Waals surface area contributed by atoms with Crippen molar-refractivity contribution in [2.24, 2.45) is 7.05 Å². The van der Waals surface area contributed by atoms with Crippen molar-refractivity contribution >= 4 is 11.7 Å². The SMILES string of the molecule is Cn1ccc(C(=O)N2CCC(=O)CC2)c1. The van der Waals surface area contributed by atoms with Gasteiger partial charge in [-0.05, 0) is 6.07 Å². The molecule has 0 aromatic carbocycles. The highest BCUT2D eigenvalue weighted by Crippen LogP contribution is 2.11. The third-order valence-corrected chi connectivity index (χ3v) is 2.69. The summed E-state index contributed by atoms with van der Waals surface area (Å²) >= 11 is 0. The van der Waals surface area contributed by atoms with Crippen molar-refractivity contribution in [2.75, 3.05) is 13.1 Å². The van der Waals surface area contributed by atoms with Crippen LogP contribution in [0.15, 0.2) is 18.5 Å². The molecule has 1 aromatic heterocycles. The number of hydrogen-bond acceptors (Lipinski definition) is 2. The Hall–Kier alpha value is -1.58. The second-order valence-electron chi connectivity index (χ2n) is 3.90. The predicted octanol–water partition coefficient (Wildman–Crippen LogP) is 0.830. The molecule has 15 heavy (non-hydrogen) atoms. The van der Waals surface area contributed by atoms with Gasteiger partial charge < -0.3 is 9.47 Å². The summed E-state index contributed by atoms with van der Waals surface area (Å²) in [6.07, 6.45) is 4.65. The Labute approximate surface area is 88.5 Å². The van der Waals surface area contributed by atoms with Crippen molar-refractivity contribution in [1.29, 1.82) is 0 Å². The monoisotopic (exact) mass is 206 g/mol. The maximum atomic E-state index is 11.9. The molecule has 1 aliphatic heterocycles. The molecule has 0 saturated carbocycles. The largest absolute Gasteiger partial charge is 0.356 e. The van der Waals surface area contributed by atoms with E-state index in [4.69, 9.17) is 0 Å². The zero-order valence-electron chi connectivity index (χ0n) is 8.77. The van der Waals surface area contributed by atoms with E-state index in [0.29, 0.717) is 31.5 Å². The molecule has 0 radical (unpaired) electrons. The van der Waals surface area contributed by atoms with Crippen LogP contribution >= 0.6 is 0 Å². The number of likely N-dealkylation sites (tertiary alicyclic amines) is 1. The molecule has 1 aliphatic rings. The number of aryl methyl sites for hydroxylation is 1. The van der Waals surface area contributed by atoms with Crippen molar-refractivity contribution in [3.05, 3.63) is 24.0 Å². The summed E-state index contributed by atoms with van der Waals surface area (Å²) < 4.78 is 1.85. The van der Waals surface area contributed by atoms with E-state index in [0.717, 1.165) is 0 Å². The van der Waals surface area contributed by atoms with Crippen LogP contribution in [-0.4, -0.2) is 34.2 Å². The van der Waals surface area contributed by atoms with Crippen LogP contribution in [0, 0.1) is 0 Å². The molecule has 0 unspecified atom stereocenters. The third-order valence-electron chi connectivity index (χ3n) is 2.69. The van der Waals surface area contributed by atoms with E-state index >= 15 is 0 Å². The molecule has 0 aliphatic carbocycles. The fourth-order valence-electron chi connectivity index (χ4n) is 1.77. The highest BCUT2D eigenvalue weighted by Gasteiger charge is 2.21. The molecule has 4 heteroatoms. The van der Waals surface area contributed by atoms with Crippen molar-refractivity contribution in [3.63, 3.8) is 0 Å². The van der Waals surface area contributed by atoms with Crippen molar-refractivity contribution < 1.29 is 9.59 Å². The van der Waals surface area contributed by atoms with E-state index in [2.05, 4.69) is 0 Å². The van der Waals surface area contributed by atoms with Crippen molar-refractivity contribution in [1.82, 2.24) is 9.47 Å². The summed E-state index contributed by atoms with van der Waals surface area (Å²) in [5, 5.41) is 0. The molecule has 1 fully saturated rings. The van der Waals surface area contributed by atoms with Gasteiger partial charge in [-0.3, -0.25) is 9.59 Å². The van der Waals surface area contributed by atoms with Gasteiger partial charge in [0.25, 0.3) is 5.91 Å². The first kappa shape index (κ1) is 9.96. The van der Waals surface area contributed by atoms with Crippen LogP contribution < -0.4 is 0 Å². The Morgan fingerprint density at radius 1 is 1.33 bits per heavy atom. The highest BCUT2D eigenvalue weighted by atomic mass is 16.2. The fourth-order valence-corrected chi connectivity index (χ4v) is 1.77. The molecule has 80 valence electrons. The molecular formula is C11H14N2O2. The number of amides is 1. The second-order valence-corrected chi connectivity index (χ2v) is 3.90. The van der Waals surface area contributed by atoms with Gasteiger partial charge in [0.1, 0.15) is 5.78 Å². The van der Waals surface area contributed by atoms with Crippen molar-refractivity contribution in [3.8, 4) is 0 Å². The number of rotatable bonds is 1. The lowest BCUT2D eigenvalue weighted by Crippen LogP contribution is -2.38. The van der Waals surface area contributed by atoms with Crippen LogP contribution in [0.2, 0.25) is 0 Å². The van der Waals surface area contributed by atoms with E-state index in [1.165, 1.54) is 0 Å². The normalized spacial score (nSPS) is 16.9. The lowest BCUT2D eigenvalue weighted by atomic mass is 10.1. The Bertz CT molecular complexity index is 385. The number of aromatic nitrogens is 1. The number of nitrogens with zero attached hydrogens (tertiary/aromatic N) is 2. The van der Waals surface area contributed by atoms with Crippen LogP contribution in [0.1, 0.15) is 23.2 Å². The van der Waals surface area contributed by atoms with E-state index in [-0.39, 0.29) is 11.7 Å². The molecular weight excluding hydrogens is 192 g/mol. The smallest absolute Gasteiger partial charge is 0.255 e. The summed E-state index contributed by atoms with van der Waals surface area (Å²) in [6, 6.07) is 1.80. The number of piperidine rings is 1. The lowest BCUT2D eigenvalue weighted by Gasteiger charge is -2.25. The average molecular weight is 206 g/mol. The third kappa shape index (κ3) is 2.09. The molecule has 0 atom stereocenters. The topological polar surface area (TPSA) is 42.3 Å². The predicted molar refractivity (Wildman–Crippen MR) is 55.6 cm³/mol. The number of carbonyl (C=O) groups is 2. The number of Topliss-reactive ketones (excluding diaryl/α,β-unsaturated/α-hetero) is 1. The van der Waals surface area contributed by atoms with Crippen molar-refractivity contribution in [2.45, 2.75) is 12.8 Å². The van der Waals surface area contributed by atoms with Crippen LogP contribution in [0.4, 0.5) is 0 Å². The molecule has 1 saturated heterocycles. The minimum atomic E-state index is 0.0306. The molecule has 0 N–H and O–H groups in total. The number of carbonyl (C=O) groups excluding carboxylic acids is 2. The van der Waals surface area contributed by atoms with Gasteiger partial charge in [-0.25, -0.2) is 0 Å². The van der Waals surface area contributed by atoms with Crippen LogP contribution in [-0.2, 0) is 11.8 Å². The first-order chi connectivity index (χ1) is 7.16. The number of hydrogen-bond donors (Lipinski definition) is 0. The second kappa shape index (κ2) is 3.88. The maximum Gasteiger partial charge on any atom is 0.255 e. The van der Waals surface area contributed by atoms with Crippen LogP contribution in [0.25, 0.3) is 0 Å². The van der Waals surface area contributed by atoms with Gasteiger partial charge in [-0.15, -0.1) is 0 Å². The van der Waals surface area contributed by atoms with E-state index in [1.54, 1.807) is 17.2 Å². The molecule has 2 heterocycles. The number of ketones is 1. The Morgan fingerprint density at radius 3 is 2.53 bits per heavy atom. The average Bonchev–Trinajstić information content (AvgIpc) is 2.65. The van der Waals surface area contributed by atoms with Gasteiger partial charge in [0, 0.05) is 45.4 Å². The quantitative estimate of drug-likeness (QED) is 0.683. The van der Waals surface area contributed by atoms with E-state index < -0.39 is 0 Å². The summed E-state index contributed by atoms with van der Waals surface area (Å²) in [4.78, 5) is 24.7. The standard InChI is InChI=1S/C11H14N2O2/c1-12-5-2-9(8-12)11(15)13-6-3-10(14)4-7-13/h2,5,8H,3-4,6-7H2,1H3. The van der Waals surface area contributed by atoms with E-state index in [1.807, 2.05) is 17.8 Å². The van der Waals surface area contributed by atoms with Gasteiger partial charge >= 0.3 is 0 Å². The maximum absolute atomic E-state index is 11.9. The van der Waals surface area contributed by atoms with Gasteiger partial charge in [0.05, 0.1) is 5.56 Å². The summed E-state index contributed by atoms with van der Waals surface area (Å²) in [5.74, 6) is 0.287. The molecule has 0 bridgehead atoms. The molecule has 2 rings (SSSR count). The Balaban J connectivity index is 2.05. The zero-order chi connectivity index (χ0) is 10.8. The minimum absolute atomic E-state index is 0.0306. The van der Waals surface area contributed by atoms with E-state index in [9.17, 15) is 9.59 Å².